The summed E-state index contributed by atoms with van der Waals surface area (Å²) in [6.07, 6.45) is 0.775. The number of aromatic nitrogens is 2. The second kappa shape index (κ2) is 4.47. The maximum atomic E-state index is 5.59. The molecule has 0 bridgehead atoms. The molecule has 0 atom stereocenters. The van der Waals surface area contributed by atoms with E-state index in [0.717, 1.165) is 12.0 Å². The maximum absolute atomic E-state index is 5.59. The van der Waals surface area contributed by atoms with Crippen LogP contribution in [-0.4, -0.2) is 10.2 Å². The Morgan fingerprint density at radius 1 is 1.19 bits per heavy atom. The van der Waals surface area contributed by atoms with Crippen molar-refractivity contribution < 1.29 is 4.42 Å². The third-order valence-corrected chi connectivity index (χ3v) is 2.58. The molecule has 0 aliphatic carbocycles. The van der Waals surface area contributed by atoms with Crippen molar-refractivity contribution in [1.82, 2.24) is 10.2 Å². The van der Waals surface area contributed by atoms with Crippen molar-refractivity contribution in [3.05, 3.63) is 35.7 Å². The summed E-state index contributed by atoms with van der Waals surface area (Å²) in [7, 11) is 0. The zero-order valence-corrected chi connectivity index (χ0v) is 9.90. The van der Waals surface area contributed by atoms with Gasteiger partial charge in [0.25, 0.3) is 0 Å². The van der Waals surface area contributed by atoms with E-state index in [1.807, 2.05) is 25.1 Å². The molecule has 0 aliphatic rings. The first-order valence-corrected chi connectivity index (χ1v) is 5.64. The van der Waals surface area contributed by atoms with Crippen molar-refractivity contribution in [2.45, 2.75) is 33.1 Å². The third-order valence-electron chi connectivity index (χ3n) is 2.58. The molecule has 0 unspecified atom stereocenters. The van der Waals surface area contributed by atoms with Crippen molar-refractivity contribution in [3.8, 4) is 11.5 Å². The van der Waals surface area contributed by atoms with Crippen LogP contribution >= 0.6 is 0 Å². The fourth-order valence-electron chi connectivity index (χ4n) is 1.70. The number of hydrogen-bond acceptors (Lipinski definition) is 3. The highest BCUT2D eigenvalue weighted by molar-refractivity contribution is 5.59. The molecule has 0 saturated heterocycles. The van der Waals surface area contributed by atoms with Gasteiger partial charge in [0.05, 0.1) is 0 Å². The van der Waals surface area contributed by atoms with Gasteiger partial charge < -0.3 is 4.42 Å². The summed E-state index contributed by atoms with van der Waals surface area (Å²) in [4.78, 5) is 0. The van der Waals surface area contributed by atoms with Crippen LogP contribution in [0.25, 0.3) is 11.5 Å². The number of benzene rings is 1. The van der Waals surface area contributed by atoms with Gasteiger partial charge in [0, 0.05) is 12.0 Å². The normalized spacial score (nSPS) is 11.0. The summed E-state index contributed by atoms with van der Waals surface area (Å²) in [5.74, 6) is 1.77. The van der Waals surface area contributed by atoms with Crippen LogP contribution in [-0.2, 0) is 6.42 Å². The SMILES string of the molecule is CCc1nnc(-c2ccccc2C(C)C)o1. The molecule has 2 aromatic rings. The van der Waals surface area contributed by atoms with Crippen molar-refractivity contribution in [2.24, 2.45) is 0 Å². The summed E-state index contributed by atoms with van der Waals surface area (Å²) in [6.45, 7) is 6.33. The van der Waals surface area contributed by atoms with Gasteiger partial charge >= 0.3 is 0 Å². The lowest BCUT2D eigenvalue weighted by Gasteiger charge is -2.08. The van der Waals surface area contributed by atoms with E-state index in [0.29, 0.717) is 17.7 Å². The molecule has 0 radical (unpaired) electrons. The summed E-state index contributed by atoms with van der Waals surface area (Å²) in [5.41, 5.74) is 2.29. The van der Waals surface area contributed by atoms with Crippen LogP contribution in [0.5, 0.6) is 0 Å². The molecule has 3 heteroatoms. The number of nitrogens with zero attached hydrogens (tertiary/aromatic N) is 2. The van der Waals surface area contributed by atoms with Gasteiger partial charge in [-0.25, -0.2) is 0 Å². The Hall–Kier alpha value is -1.64. The molecule has 0 fully saturated rings. The minimum atomic E-state index is 0.452. The summed E-state index contributed by atoms with van der Waals surface area (Å²) < 4.78 is 5.59. The second-order valence-electron chi connectivity index (χ2n) is 4.10. The Kier molecular flexibility index (Phi) is 3.04. The fourth-order valence-corrected chi connectivity index (χ4v) is 1.70. The molecule has 0 spiro atoms. The standard InChI is InChI=1S/C13H16N2O/c1-4-12-14-15-13(16-12)11-8-6-5-7-10(11)9(2)3/h5-9H,4H2,1-3H3. The van der Waals surface area contributed by atoms with Gasteiger partial charge in [-0.3, -0.25) is 0 Å². The monoisotopic (exact) mass is 216 g/mol. The van der Waals surface area contributed by atoms with Crippen molar-refractivity contribution in [2.75, 3.05) is 0 Å². The van der Waals surface area contributed by atoms with Gasteiger partial charge in [-0.05, 0) is 17.5 Å². The zero-order chi connectivity index (χ0) is 11.5. The Balaban J connectivity index is 2.46. The second-order valence-corrected chi connectivity index (χ2v) is 4.10. The molecule has 0 aliphatic heterocycles. The van der Waals surface area contributed by atoms with E-state index in [4.69, 9.17) is 4.42 Å². The Bertz CT molecular complexity index is 474. The summed E-state index contributed by atoms with van der Waals surface area (Å²) in [6, 6.07) is 8.17. The highest BCUT2D eigenvalue weighted by Crippen LogP contribution is 2.27. The summed E-state index contributed by atoms with van der Waals surface area (Å²) in [5, 5.41) is 8.08. The Morgan fingerprint density at radius 3 is 2.56 bits per heavy atom. The van der Waals surface area contributed by atoms with Gasteiger partial charge in [0.2, 0.25) is 11.8 Å². The predicted molar refractivity (Wildman–Crippen MR) is 63.2 cm³/mol. The highest BCUT2D eigenvalue weighted by atomic mass is 16.4. The van der Waals surface area contributed by atoms with Crippen molar-refractivity contribution in [3.63, 3.8) is 0 Å². The van der Waals surface area contributed by atoms with E-state index >= 15 is 0 Å². The number of aryl methyl sites for hydroxylation is 1. The van der Waals surface area contributed by atoms with E-state index < -0.39 is 0 Å². The van der Waals surface area contributed by atoms with Crippen LogP contribution in [0.3, 0.4) is 0 Å². The van der Waals surface area contributed by atoms with Crippen LogP contribution in [0, 0.1) is 0 Å². The average molecular weight is 216 g/mol. The lowest BCUT2D eigenvalue weighted by atomic mass is 9.97. The molecule has 2 rings (SSSR count). The molecule has 16 heavy (non-hydrogen) atoms. The summed E-state index contributed by atoms with van der Waals surface area (Å²) >= 11 is 0. The number of rotatable bonds is 3. The minimum absolute atomic E-state index is 0.452. The van der Waals surface area contributed by atoms with Crippen LogP contribution < -0.4 is 0 Å². The first-order chi connectivity index (χ1) is 7.72. The van der Waals surface area contributed by atoms with E-state index in [9.17, 15) is 0 Å². The van der Waals surface area contributed by atoms with Crippen LogP contribution in [0.15, 0.2) is 28.7 Å². The zero-order valence-electron chi connectivity index (χ0n) is 9.90. The minimum Gasteiger partial charge on any atom is -0.421 e. The third kappa shape index (κ3) is 1.98. The predicted octanol–water partition coefficient (Wildman–Crippen LogP) is 3.42. The molecule has 3 nitrogen and oxygen atoms in total. The van der Waals surface area contributed by atoms with Gasteiger partial charge in [-0.2, -0.15) is 0 Å². The number of hydrogen-bond donors (Lipinski definition) is 0. The fraction of sp³-hybridized carbons (Fsp3) is 0.385. The molecule has 1 aromatic carbocycles. The molecule has 0 amide bonds. The maximum Gasteiger partial charge on any atom is 0.248 e. The lowest BCUT2D eigenvalue weighted by molar-refractivity contribution is 0.512. The van der Waals surface area contributed by atoms with E-state index in [1.165, 1.54) is 5.56 Å². The lowest BCUT2D eigenvalue weighted by Crippen LogP contribution is -1.91. The molecule has 1 aromatic heterocycles. The molecule has 1 heterocycles. The topological polar surface area (TPSA) is 38.9 Å². The van der Waals surface area contributed by atoms with Crippen LogP contribution in [0.1, 0.15) is 38.1 Å². The van der Waals surface area contributed by atoms with Crippen LogP contribution in [0.4, 0.5) is 0 Å². The first-order valence-electron chi connectivity index (χ1n) is 5.64. The molecule has 0 saturated carbocycles. The Morgan fingerprint density at radius 2 is 1.94 bits per heavy atom. The van der Waals surface area contributed by atoms with Gasteiger partial charge in [-0.1, -0.05) is 39.0 Å². The van der Waals surface area contributed by atoms with Gasteiger partial charge in [0.1, 0.15) is 0 Å². The smallest absolute Gasteiger partial charge is 0.248 e. The first kappa shape index (κ1) is 10.9. The quantitative estimate of drug-likeness (QED) is 0.789. The molecule has 84 valence electrons. The van der Waals surface area contributed by atoms with Gasteiger partial charge in [-0.15, -0.1) is 10.2 Å². The van der Waals surface area contributed by atoms with Crippen molar-refractivity contribution in [1.29, 1.82) is 0 Å². The molecular formula is C13H16N2O. The van der Waals surface area contributed by atoms with Crippen molar-refractivity contribution >= 4 is 0 Å². The molecule has 0 N–H and O–H groups in total. The average Bonchev–Trinajstić information content (AvgIpc) is 2.77. The van der Waals surface area contributed by atoms with Gasteiger partial charge in [0.15, 0.2) is 0 Å². The van der Waals surface area contributed by atoms with E-state index in [2.05, 4.69) is 30.1 Å². The van der Waals surface area contributed by atoms with Crippen LogP contribution in [0.2, 0.25) is 0 Å². The van der Waals surface area contributed by atoms with E-state index in [-0.39, 0.29) is 0 Å². The highest BCUT2D eigenvalue weighted by Gasteiger charge is 2.13. The van der Waals surface area contributed by atoms with E-state index in [1.54, 1.807) is 0 Å². The Labute approximate surface area is 95.5 Å². The largest absolute Gasteiger partial charge is 0.421 e. The molecular weight excluding hydrogens is 200 g/mol.